The van der Waals surface area contributed by atoms with Gasteiger partial charge >= 0.3 is 0 Å². The monoisotopic (exact) mass is 165 g/mol. The summed E-state index contributed by atoms with van der Waals surface area (Å²) in [6.45, 7) is 0. The average molecular weight is 165 g/mol. The number of aliphatic hydroxyl groups is 1. The van der Waals surface area contributed by atoms with Gasteiger partial charge in [0.1, 0.15) is 5.60 Å². The molecule has 1 saturated carbocycles. The molecule has 3 N–H and O–H groups in total. The second kappa shape index (κ2) is 3.03. The van der Waals surface area contributed by atoms with Crippen molar-refractivity contribution >= 4 is 0 Å². The van der Waals surface area contributed by atoms with Crippen molar-refractivity contribution in [2.75, 3.05) is 0 Å². The highest BCUT2D eigenvalue weighted by atomic mass is 19.3. The van der Waals surface area contributed by atoms with Gasteiger partial charge < -0.3 is 10.8 Å². The van der Waals surface area contributed by atoms with E-state index in [2.05, 4.69) is 0 Å². The summed E-state index contributed by atoms with van der Waals surface area (Å²) in [5, 5.41) is 9.26. The Morgan fingerprint density at radius 3 is 2.18 bits per heavy atom. The molecule has 2 nitrogen and oxygen atoms in total. The van der Waals surface area contributed by atoms with E-state index in [4.69, 9.17) is 5.73 Å². The van der Waals surface area contributed by atoms with Crippen LogP contribution in [0.2, 0.25) is 0 Å². The Morgan fingerprint density at radius 2 is 1.82 bits per heavy atom. The molecule has 0 aliphatic heterocycles. The van der Waals surface area contributed by atoms with Gasteiger partial charge in [-0.15, -0.1) is 0 Å². The van der Waals surface area contributed by atoms with Gasteiger partial charge in [-0.2, -0.15) is 0 Å². The Morgan fingerprint density at radius 1 is 1.36 bits per heavy atom. The maximum atomic E-state index is 12.1. The Hall–Kier alpha value is -0.220. The summed E-state index contributed by atoms with van der Waals surface area (Å²) in [6.07, 6.45) is -1.37. The van der Waals surface area contributed by atoms with Gasteiger partial charge in [0, 0.05) is 6.04 Å². The molecular formula is C7H13F2NO. The molecule has 1 fully saturated rings. The molecule has 0 amide bonds. The molecular weight excluding hydrogens is 152 g/mol. The third-order valence-corrected chi connectivity index (χ3v) is 2.30. The number of alkyl halides is 2. The molecule has 0 spiro atoms. The lowest BCUT2D eigenvalue weighted by Gasteiger charge is -2.33. The minimum absolute atomic E-state index is 0.00553. The van der Waals surface area contributed by atoms with Crippen molar-refractivity contribution in [3.8, 4) is 0 Å². The minimum atomic E-state index is -2.63. The van der Waals surface area contributed by atoms with E-state index in [9.17, 15) is 13.9 Å². The van der Waals surface area contributed by atoms with Gasteiger partial charge in [-0.05, 0) is 25.7 Å². The van der Waals surface area contributed by atoms with Crippen molar-refractivity contribution in [3.05, 3.63) is 0 Å². The minimum Gasteiger partial charge on any atom is -0.384 e. The third kappa shape index (κ3) is 1.87. The molecule has 0 radical (unpaired) electrons. The maximum Gasteiger partial charge on any atom is 0.266 e. The van der Waals surface area contributed by atoms with Crippen LogP contribution in [-0.4, -0.2) is 23.2 Å². The van der Waals surface area contributed by atoms with Gasteiger partial charge in [0.15, 0.2) is 0 Å². The molecule has 1 aliphatic rings. The Balaban J connectivity index is 2.48. The van der Waals surface area contributed by atoms with Crippen LogP contribution in [0.3, 0.4) is 0 Å². The quantitative estimate of drug-likeness (QED) is 0.606. The van der Waals surface area contributed by atoms with E-state index in [1.807, 2.05) is 0 Å². The van der Waals surface area contributed by atoms with Crippen LogP contribution < -0.4 is 5.73 Å². The summed E-state index contributed by atoms with van der Waals surface area (Å²) < 4.78 is 24.3. The highest BCUT2D eigenvalue weighted by Gasteiger charge is 2.40. The molecule has 0 aromatic carbocycles. The molecule has 0 saturated heterocycles. The second-order valence-corrected chi connectivity index (χ2v) is 3.24. The Kier molecular flexibility index (Phi) is 2.44. The summed E-state index contributed by atoms with van der Waals surface area (Å²) in [5.74, 6) is 0. The molecule has 1 rings (SSSR count). The first-order chi connectivity index (χ1) is 5.04. The fourth-order valence-corrected chi connectivity index (χ4v) is 1.36. The molecule has 1 aliphatic carbocycles. The van der Waals surface area contributed by atoms with E-state index in [1.165, 1.54) is 0 Å². The standard InChI is InChI=1S/C7H13F2NO/c8-6(9)7(11)3-1-5(10)2-4-7/h5-6,11H,1-4,10H2/t5-,7+. The number of rotatable bonds is 1. The van der Waals surface area contributed by atoms with E-state index in [1.54, 1.807) is 0 Å². The zero-order chi connectivity index (χ0) is 8.48. The molecule has 11 heavy (non-hydrogen) atoms. The van der Waals surface area contributed by atoms with Gasteiger partial charge in [-0.1, -0.05) is 0 Å². The molecule has 0 aromatic rings. The van der Waals surface area contributed by atoms with Crippen LogP contribution in [0.15, 0.2) is 0 Å². The molecule has 0 atom stereocenters. The largest absolute Gasteiger partial charge is 0.384 e. The lowest BCUT2D eigenvalue weighted by molar-refractivity contribution is -0.118. The molecule has 0 aromatic heterocycles. The lowest BCUT2D eigenvalue weighted by atomic mass is 9.83. The Labute approximate surface area is 64.4 Å². The first-order valence-electron chi connectivity index (χ1n) is 3.81. The van der Waals surface area contributed by atoms with E-state index in [0.29, 0.717) is 12.8 Å². The van der Waals surface area contributed by atoms with Crippen LogP contribution in [0.4, 0.5) is 8.78 Å². The summed E-state index contributed by atoms with van der Waals surface area (Å²) in [4.78, 5) is 0. The highest BCUT2D eigenvalue weighted by Crippen LogP contribution is 2.32. The number of hydrogen-bond donors (Lipinski definition) is 2. The van der Waals surface area contributed by atoms with Crippen molar-refractivity contribution in [1.82, 2.24) is 0 Å². The van der Waals surface area contributed by atoms with Crippen LogP contribution in [0.5, 0.6) is 0 Å². The zero-order valence-corrected chi connectivity index (χ0v) is 6.26. The third-order valence-electron chi connectivity index (χ3n) is 2.30. The van der Waals surface area contributed by atoms with Crippen LogP contribution >= 0.6 is 0 Å². The molecule has 4 heteroatoms. The average Bonchev–Trinajstić information content (AvgIpc) is 1.95. The van der Waals surface area contributed by atoms with Gasteiger partial charge in [0.2, 0.25) is 0 Å². The van der Waals surface area contributed by atoms with Gasteiger partial charge in [0.25, 0.3) is 6.43 Å². The van der Waals surface area contributed by atoms with Crippen molar-refractivity contribution in [2.24, 2.45) is 5.73 Å². The molecule has 0 heterocycles. The number of hydrogen-bond acceptors (Lipinski definition) is 2. The zero-order valence-electron chi connectivity index (χ0n) is 6.26. The van der Waals surface area contributed by atoms with Gasteiger partial charge in [0.05, 0.1) is 0 Å². The van der Waals surface area contributed by atoms with E-state index < -0.39 is 12.0 Å². The lowest BCUT2D eigenvalue weighted by Crippen LogP contribution is -2.44. The van der Waals surface area contributed by atoms with Crippen molar-refractivity contribution in [3.63, 3.8) is 0 Å². The van der Waals surface area contributed by atoms with Crippen LogP contribution in [0, 0.1) is 0 Å². The highest BCUT2D eigenvalue weighted by molar-refractivity contribution is 4.88. The topological polar surface area (TPSA) is 46.2 Å². The van der Waals surface area contributed by atoms with E-state index >= 15 is 0 Å². The summed E-state index contributed by atoms with van der Waals surface area (Å²) >= 11 is 0. The van der Waals surface area contributed by atoms with E-state index in [-0.39, 0.29) is 18.9 Å². The fourth-order valence-electron chi connectivity index (χ4n) is 1.36. The SMILES string of the molecule is N[C@H]1CC[C@](O)(C(F)F)CC1. The molecule has 0 unspecified atom stereocenters. The molecule has 0 bridgehead atoms. The summed E-state index contributed by atoms with van der Waals surface area (Å²) in [7, 11) is 0. The van der Waals surface area contributed by atoms with Gasteiger partial charge in [-0.3, -0.25) is 0 Å². The van der Waals surface area contributed by atoms with Crippen molar-refractivity contribution in [1.29, 1.82) is 0 Å². The first kappa shape index (κ1) is 8.87. The normalized spacial score (nSPS) is 39.5. The van der Waals surface area contributed by atoms with Crippen molar-refractivity contribution in [2.45, 2.75) is 43.8 Å². The maximum absolute atomic E-state index is 12.1. The second-order valence-electron chi connectivity index (χ2n) is 3.24. The van der Waals surface area contributed by atoms with Crippen molar-refractivity contribution < 1.29 is 13.9 Å². The smallest absolute Gasteiger partial charge is 0.266 e. The van der Waals surface area contributed by atoms with Crippen LogP contribution in [0.1, 0.15) is 25.7 Å². The van der Waals surface area contributed by atoms with Gasteiger partial charge in [-0.25, -0.2) is 8.78 Å². The fraction of sp³-hybridized carbons (Fsp3) is 1.00. The number of nitrogens with two attached hydrogens (primary N) is 1. The van der Waals surface area contributed by atoms with Crippen LogP contribution in [-0.2, 0) is 0 Å². The Bertz CT molecular complexity index is 132. The predicted octanol–water partition coefficient (Wildman–Crippen LogP) is 0.884. The molecule has 66 valence electrons. The summed E-state index contributed by atoms with van der Waals surface area (Å²) in [5.41, 5.74) is 3.75. The van der Waals surface area contributed by atoms with E-state index in [0.717, 1.165) is 0 Å². The number of halogens is 2. The predicted molar refractivity (Wildman–Crippen MR) is 37.4 cm³/mol. The first-order valence-corrected chi connectivity index (χ1v) is 3.81. The summed E-state index contributed by atoms with van der Waals surface area (Å²) in [6, 6.07) is -0.00553. The van der Waals surface area contributed by atoms with Crippen LogP contribution in [0.25, 0.3) is 0 Å².